The lowest BCUT2D eigenvalue weighted by atomic mass is 10.2. The molecule has 1 aromatic carbocycles. The molecule has 0 unspecified atom stereocenters. The first kappa shape index (κ1) is 10.7. The maximum Gasteiger partial charge on any atom is 0.231 e. The van der Waals surface area contributed by atoms with E-state index in [4.69, 9.17) is 21.1 Å². The predicted molar refractivity (Wildman–Crippen MR) is 67.0 cm³/mol. The molecule has 2 heterocycles. The molecule has 88 valence electrons. The molecular weight excluding hydrogens is 260 g/mol. The Kier molecular flexibility index (Phi) is 2.78. The van der Waals surface area contributed by atoms with Gasteiger partial charge in [-0.15, -0.1) is 11.3 Å². The fraction of sp³-hybridized carbons (Fsp3) is 0.182. The smallest absolute Gasteiger partial charge is 0.231 e. The SMILES string of the molecule is Clc1cc2c(cc1NCc1nccs1)OCO2. The van der Waals surface area contributed by atoms with E-state index in [9.17, 15) is 0 Å². The molecule has 1 aliphatic rings. The molecule has 0 radical (unpaired) electrons. The van der Waals surface area contributed by atoms with Crippen molar-refractivity contribution in [3.8, 4) is 11.5 Å². The summed E-state index contributed by atoms with van der Waals surface area (Å²) in [4.78, 5) is 4.19. The van der Waals surface area contributed by atoms with E-state index in [2.05, 4.69) is 10.3 Å². The second-order valence-electron chi connectivity index (χ2n) is 3.46. The Morgan fingerprint density at radius 2 is 2.18 bits per heavy atom. The Morgan fingerprint density at radius 1 is 1.35 bits per heavy atom. The number of rotatable bonds is 3. The largest absolute Gasteiger partial charge is 0.454 e. The van der Waals surface area contributed by atoms with Crippen molar-refractivity contribution in [3.05, 3.63) is 33.7 Å². The molecular formula is C11H9ClN2O2S. The van der Waals surface area contributed by atoms with E-state index in [1.807, 2.05) is 11.4 Å². The molecule has 0 amide bonds. The summed E-state index contributed by atoms with van der Waals surface area (Å²) < 4.78 is 10.5. The highest BCUT2D eigenvalue weighted by Crippen LogP contribution is 2.39. The zero-order valence-corrected chi connectivity index (χ0v) is 10.3. The van der Waals surface area contributed by atoms with Crippen molar-refractivity contribution in [1.82, 2.24) is 4.98 Å². The van der Waals surface area contributed by atoms with E-state index >= 15 is 0 Å². The molecule has 0 atom stereocenters. The summed E-state index contributed by atoms with van der Waals surface area (Å²) in [6.45, 7) is 0.901. The minimum Gasteiger partial charge on any atom is -0.454 e. The van der Waals surface area contributed by atoms with Crippen LogP contribution in [0.3, 0.4) is 0 Å². The zero-order chi connectivity index (χ0) is 11.7. The van der Waals surface area contributed by atoms with Gasteiger partial charge < -0.3 is 14.8 Å². The molecule has 1 aromatic heterocycles. The van der Waals surface area contributed by atoms with E-state index in [-0.39, 0.29) is 6.79 Å². The molecule has 0 saturated heterocycles. The number of benzene rings is 1. The van der Waals surface area contributed by atoms with E-state index in [0.717, 1.165) is 16.4 Å². The fourth-order valence-corrected chi connectivity index (χ4v) is 2.34. The standard InChI is InChI=1S/C11H9ClN2O2S/c12-7-3-9-10(16-6-15-9)4-8(7)14-5-11-13-1-2-17-11/h1-4,14H,5-6H2. The molecule has 0 aliphatic carbocycles. The molecule has 0 saturated carbocycles. The van der Waals surface area contributed by atoms with Crippen LogP contribution in [0.4, 0.5) is 5.69 Å². The molecule has 3 rings (SSSR count). The van der Waals surface area contributed by atoms with Crippen LogP contribution in [0.25, 0.3) is 0 Å². The first-order valence-electron chi connectivity index (χ1n) is 5.04. The quantitative estimate of drug-likeness (QED) is 0.929. The third-order valence-electron chi connectivity index (χ3n) is 2.38. The minimum absolute atomic E-state index is 0.252. The molecule has 1 aliphatic heterocycles. The van der Waals surface area contributed by atoms with Crippen LogP contribution >= 0.6 is 22.9 Å². The van der Waals surface area contributed by atoms with Gasteiger partial charge in [0.05, 0.1) is 17.3 Å². The molecule has 0 bridgehead atoms. The predicted octanol–water partition coefficient (Wildman–Crippen LogP) is 3.14. The van der Waals surface area contributed by atoms with Crippen molar-refractivity contribution >= 4 is 28.6 Å². The van der Waals surface area contributed by atoms with Crippen molar-refractivity contribution in [1.29, 1.82) is 0 Å². The van der Waals surface area contributed by atoms with Crippen LogP contribution in [0.2, 0.25) is 5.02 Å². The van der Waals surface area contributed by atoms with Gasteiger partial charge in [-0.2, -0.15) is 0 Å². The number of aromatic nitrogens is 1. The number of ether oxygens (including phenoxy) is 2. The van der Waals surface area contributed by atoms with Crippen LogP contribution in [0.1, 0.15) is 5.01 Å². The zero-order valence-electron chi connectivity index (χ0n) is 8.77. The Morgan fingerprint density at radius 3 is 2.94 bits per heavy atom. The van der Waals surface area contributed by atoms with Crippen LogP contribution in [0.15, 0.2) is 23.7 Å². The molecule has 6 heteroatoms. The van der Waals surface area contributed by atoms with Gasteiger partial charge in [-0.1, -0.05) is 11.6 Å². The fourth-order valence-electron chi connectivity index (χ4n) is 1.56. The molecule has 2 aromatic rings. The van der Waals surface area contributed by atoms with Crippen molar-refractivity contribution in [2.75, 3.05) is 12.1 Å². The van der Waals surface area contributed by atoms with Gasteiger partial charge in [-0.25, -0.2) is 4.98 Å². The third kappa shape index (κ3) is 2.16. The van der Waals surface area contributed by atoms with Crippen LogP contribution in [0.5, 0.6) is 11.5 Å². The van der Waals surface area contributed by atoms with Crippen LogP contribution in [-0.2, 0) is 6.54 Å². The van der Waals surface area contributed by atoms with Crippen molar-refractivity contribution in [2.45, 2.75) is 6.54 Å². The van der Waals surface area contributed by atoms with Gasteiger partial charge in [0.15, 0.2) is 11.5 Å². The third-order valence-corrected chi connectivity index (χ3v) is 3.47. The number of thiazole rings is 1. The summed E-state index contributed by atoms with van der Waals surface area (Å²) >= 11 is 7.73. The van der Waals surface area contributed by atoms with Crippen molar-refractivity contribution in [2.24, 2.45) is 0 Å². The first-order chi connectivity index (χ1) is 8.33. The second-order valence-corrected chi connectivity index (χ2v) is 4.85. The topological polar surface area (TPSA) is 43.4 Å². The number of hydrogen-bond donors (Lipinski definition) is 1. The Labute approximate surface area is 107 Å². The van der Waals surface area contributed by atoms with Gasteiger partial charge in [-0.3, -0.25) is 0 Å². The maximum absolute atomic E-state index is 6.13. The average Bonchev–Trinajstić information content (AvgIpc) is 2.95. The lowest BCUT2D eigenvalue weighted by Gasteiger charge is -2.07. The summed E-state index contributed by atoms with van der Waals surface area (Å²) in [6, 6.07) is 3.60. The van der Waals surface area contributed by atoms with Crippen molar-refractivity contribution in [3.63, 3.8) is 0 Å². The average molecular weight is 269 g/mol. The van der Waals surface area contributed by atoms with Gasteiger partial charge in [0.1, 0.15) is 5.01 Å². The van der Waals surface area contributed by atoms with E-state index in [0.29, 0.717) is 17.3 Å². The highest BCUT2D eigenvalue weighted by molar-refractivity contribution is 7.09. The number of halogens is 1. The van der Waals surface area contributed by atoms with Crippen LogP contribution in [0, 0.1) is 0 Å². The molecule has 1 N–H and O–H groups in total. The maximum atomic E-state index is 6.13. The summed E-state index contributed by atoms with van der Waals surface area (Å²) in [7, 11) is 0. The number of anilines is 1. The Hall–Kier alpha value is -1.46. The highest BCUT2D eigenvalue weighted by Gasteiger charge is 2.16. The van der Waals surface area contributed by atoms with E-state index < -0.39 is 0 Å². The van der Waals surface area contributed by atoms with Gasteiger partial charge >= 0.3 is 0 Å². The number of nitrogens with zero attached hydrogens (tertiary/aromatic N) is 1. The molecule has 0 spiro atoms. The lowest BCUT2D eigenvalue weighted by molar-refractivity contribution is 0.174. The Bertz CT molecular complexity index is 531. The summed E-state index contributed by atoms with van der Waals surface area (Å²) in [6.07, 6.45) is 1.78. The molecule has 17 heavy (non-hydrogen) atoms. The van der Waals surface area contributed by atoms with Crippen LogP contribution < -0.4 is 14.8 Å². The van der Waals surface area contributed by atoms with Gasteiger partial charge in [0.25, 0.3) is 0 Å². The monoisotopic (exact) mass is 268 g/mol. The number of fused-ring (bicyclic) bond motifs is 1. The second kappa shape index (κ2) is 4.43. The molecule has 0 fully saturated rings. The number of nitrogens with one attached hydrogen (secondary N) is 1. The van der Waals surface area contributed by atoms with Gasteiger partial charge in [0.2, 0.25) is 6.79 Å². The summed E-state index contributed by atoms with van der Waals surface area (Å²) in [5, 5.41) is 6.80. The minimum atomic E-state index is 0.252. The van der Waals surface area contributed by atoms with E-state index in [1.165, 1.54) is 0 Å². The summed E-state index contributed by atoms with van der Waals surface area (Å²) in [5.74, 6) is 1.41. The first-order valence-corrected chi connectivity index (χ1v) is 6.30. The van der Waals surface area contributed by atoms with Gasteiger partial charge in [-0.05, 0) is 0 Å². The number of hydrogen-bond acceptors (Lipinski definition) is 5. The lowest BCUT2D eigenvalue weighted by Crippen LogP contribution is -1.99. The van der Waals surface area contributed by atoms with Gasteiger partial charge in [0, 0.05) is 23.7 Å². The van der Waals surface area contributed by atoms with Crippen molar-refractivity contribution < 1.29 is 9.47 Å². The van der Waals surface area contributed by atoms with E-state index in [1.54, 1.807) is 23.6 Å². The van der Waals surface area contributed by atoms with Crippen LogP contribution in [-0.4, -0.2) is 11.8 Å². The normalized spacial score (nSPS) is 12.8. The Balaban J connectivity index is 1.79. The summed E-state index contributed by atoms with van der Waals surface area (Å²) in [5.41, 5.74) is 0.825. The highest BCUT2D eigenvalue weighted by atomic mass is 35.5. The molecule has 4 nitrogen and oxygen atoms in total.